The molecule has 94 valence electrons. The summed E-state index contributed by atoms with van der Waals surface area (Å²) < 4.78 is 0. The summed E-state index contributed by atoms with van der Waals surface area (Å²) in [6, 6.07) is 8.29. The maximum absolute atomic E-state index is 6.25. The van der Waals surface area contributed by atoms with Crippen LogP contribution < -0.4 is 5.73 Å². The van der Waals surface area contributed by atoms with E-state index in [1.807, 2.05) is 6.07 Å². The van der Waals surface area contributed by atoms with Crippen molar-refractivity contribution in [3.05, 3.63) is 63.9 Å². The number of nitrogens with zero attached hydrogens (tertiary/aromatic N) is 1. The normalized spacial score (nSPS) is 12.4. The molecule has 0 saturated carbocycles. The minimum Gasteiger partial charge on any atom is -0.324 e. The zero-order valence-corrected chi connectivity index (χ0v) is 11.4. The van der Waals surface area contributed by atoms with Crippen LogP contribution in [0.3, 0.4) is 0 Å². The second-order valence-corrected chi connectivity index (χ2v) is 5.11. The zero-order chi connectivity index (χ0) is 13.1. The Labute approximate surface area is 113 Å². The zero-order valence-electron chi connectivity index (χ0n) is 10.7. The van der Waals surface area contributed by atoms with Crippen LogP contribution in [0, 0.1) is 13.8 Å². The molecule has 3 heteroatoms. The van der Waals surface area contributed by atoms with E-state index < -0.39 is 0 Å². The highest BCUT2D eigenvalue weighted by Gasteiger charge is 2.10. The Hall–Kier alpha value is -1.38. The summed E-state index contributed by atoms with van der Waals surface area (Å²) >= 11 is 6.10. The van der Waals surface area contributed by atoms with Gasteiger partial charge in [0.1, 0.15) is 0 Å². The lowest BCUT2D eigenvalue weighted by molar-refractivity contribution is 0.719. The first-order chi connectivity index (χ1) is 8.56. The van der Waals surface area contributed by atoms with Gasteiger partial charge in [-0.25, -0.2) is 0 Å². The van der Waals surface area contributed by atoms with Crippen LogP contribution in [-0.4, -0.2) is 4.98 Å². The van der Waals surface area contributed by atoms with Crippen molar-refractivity contribution in [1.29, 1.82) is 0 Å². The van der Waals surface area contributed by atoms with Gasteiger partial charge in [0.25, 0.3) is 0 Å². The third-order valence-electron chi connectivity index (χ3n) is 2.97. The van der Waals surface area contributed by atoms with Gasteiger partial charge in [-0.2, -0.15) is 0 Å². The fourth-order valence-corrected chi connectivity index (χ4v) is 2.34. The molecule has 1 heterocycles. The Morgan fingerprint density at radius 3 is 2.50 bits per heavy atom. The molecule has 1 unspecified atom stereocenters. The van der Waals surface area contributed by atoms with E-state index in [1.165, 1.54) is 11.1 Å². The molecular formula is C15H17ClN2. The van der Waals surface area contributed by atoms with Crippen molar-refractivity contribution in [2.24, 2.45) is 5.73 Å². The number of nitrogens with two attached hydrogens (primary N) is 1. The topological polar surface area (TPSA) is 38.9 Å². The van der Waals surface area contributed by atoms with Crippen LogP contribution in [0.1, 0.15) is 28.3 Å². The molecule has 0 bridgehead atoms. The largest absolute Gasteiger partial charge is 0.324 e. The molecule has 2 rings (SSSR count). The molecule has 0 fully saturated rings. The van der Waals surface area contributed by atoms with Crippen LogP contribution in [0.2, 0.25) is 5.02 Å². The van der Waals surface area contributed by atoms with Crippen LogP contribution in [-0.2, 0) is 6.42 Å². The van der Waals surface area contributed by atoms with Crippen molar-refractivity contribution in [1.82, 2.24) is 4.98 Å². The fraction of sp³-hybridized carbons (Fsp3) is 0.267. The lowest BCUT2D eigenvalue weighted by Gasteiger charge is -2.14. The van der Waals surface area contributed by atoms with Crippen LogP contribution in [0.15, 0.2) is 36.7 Å². The summed E-state index contributed by atoms with van der Waals surface area (Å²) in [6.07, 6.45) is 4.13. The Morgan fingerprint density at radius 2 is 1.89 bits per heavy atom. The van der Waals surface area contributed by atoms with E-state index in [9.17, 15) is 0 Å². The minimum atomic E-state index is -0.0384. The Morgan fingerprint density at radius 1 is 1.22 bits per heavy atom. The summed E-state index contributed by atoms with van der Waals surface area (Å²) in [4.78, 5) is 3.98. The van der Waals surface area contributed by atoms with Gasteiger partial charge < -0.3 is 5.73 Å². The molecule has 2 nitrogen and oxygen atoms in total. The number of hydrogen-bond donors (Lipinski definition) is 1. The molecule has 2 N–H and O–H groups in total. The minimum absolute atomic E-state index is 0.0384. The Balaban J connectivity index is 2.22. The van der Waals surface area contributed by atoms with Crippen molar-refractivity contribution in [3.8, 4) is 0 Å². The molecule has 1 aromatic heterocycles. The van der Waals surface area contributed by atoms with E-state index in [2.05, 4.69) is 37.0 Å². The molecule has 18 heavy (non-hydrogen) atoms. The number of halogens is 1. The van der Waals surface area contributed by atoms with Gasteiger partial charge in [0.05, 0.1) is 5.02 Å². The molecule has 1 atom stereocenters. The van der Waals surface area contributed by atoms with Gasteiger partial charge in [0.2, 0.25) is 0 Å². The summed E-state index contributed by atoms with van der Waals surface area (Å²) in [5.41, 5.74) is 10.9. The van der Waals surface area contributed by atoms with Gasteiger partial charge in [0, 0.05) is 18.4 Å². The third kappa shape index (κ3) is 3.09. The molecule has 0 aliphatic carbocycles. The lowest BCUT2D eigenvalue weighted by Crippen LogP contribution is -2.14. The molecule has 0 aliphatic heterocycles. The average molecular weight is 261 g/mol. The maximum Gasteiger partial charge on any atom is 0.0622 e. The first-order valence-electron chi connectivity index (χ1n) is 5.98. The molecule has 0 aliphatic rings. The summed E-state index contributed by atoms with van der Waals surface area (Å²) in [5, 5.41) is 0.678. The van der Waals surface area contributed by atoms with E-state index in [0.717, 1.165) is 17.5 Å². The maximum atomic E-state index is 6.25. The van der Waals surface area contributed by atoms with E-state index in [4.69, 9.17) is 17.3 Å². The van der Waals surface area contributed by atoms with Crippen molar-refractivity contribution in [3.63, 3.8) is 0 Å². The van der Waals surface area contributed by atoms with Crippen molar-refractivity contribution in [2.45, 2.75) is 26.3 Å². The van der Waals surface area contributed by atoms with Gasteiger partial charge in [-0.1, -0.05) is 40.9 Å². The molecule has 0 spiro atoms. The molecule has 0 saturated heterocycles. The molecule has 2 aromatic rings. The smallest absolute Gasteiger partial charge is 0.0622 e. The van der Waals surface area contributed by atoms with Crippen LogP contribution in [0.25, 0.3) is 0 Å². The third-order valence-corrected chi connectivity index (χ3v) is 3.31. The highest BCUT2D eigenvalue weighted by atomic mass is 35.5. The average Bonchev–Trinajstić information content (AvgIpc) is 2.31. The highest BCUT2D eigenvalue weighted by molar-refractivity contribution is 6.31. The first kappa shape index (κ1) is 13.1. The fourth-order valence-electron chi connectivity index (χ4n) is 2.15. The van der Waals surface area contributed by atoms with Crippen molar-refractivity contribution in [2.75, 3.05) is 0 Å². The summed E-state index contributed by atoms with van der Waals surface area (Å²) in [5.74, 6) is 0. The quantitative estimate of drug-likeness (QED) is 0.916. The predicted octanol–water partition coefficient (Wildman–Crippen LogP) is 3.59. The summed E-state index contributed by atoms with van der Waals surface area (Å²) in [6.45, 7) is 4.17. The molecule has 1 aromatic carbocycles. The lowest BCUT2D eigenvalue weighted by atomic mass is 9.97. The van der Waals surface area contributed by atoms with Gasteiger partial charge >= 0.3 is 0 Å². The molecule has 0 amide bonds. The second kappa shape index (κ2) is 5.51. The van der Waals surface area contributed by atoms with Gasteiger partial charge in [-0.15, -0.1) is 0 Å². The van der Waals surface area contributed by atoms with Crippen LogP contribution in [0.5, 0.6) is 0 Å². The Bertz CT molecular complexity index is 532. The van der Waals surface area contributed by atoms with E-state index in [1.54, 1.807) is 12.4 Å². The Kier molecular flexibility index (Phi) is 4.00. The monoisotopic (exact) mass is 260 g/mol. The van der Waals surface area contributed by atoms with Gasteiger partial charge in [-0.05, 0) is 37.5 Å². The highest BCUT2D eigenvalue weighted by Crippen LogP contribution is 2.22. The number of hydrogen-bond acceptors (Lipinski definition) is 2. The van der Waals surface area contributed by atoms with Gasteiger partial charge in [-0.3, -0.25) is 4.98 Å². The number of aryl methyl sites for hydroxylation is 2. The SMILES string of the molecule is Cc1cc(C)cc(C(N)Cc2ccncc2Cl)c1. The number of benzene rings is 1. The van der Waals surface area contributed by atoms with Crippen LogP contribution in [0.4, 0.5) is 0 Å². The standard InChI is InChI=1S/C15H17ClN2/c1-10-5-11(2)7-13(6-10)15(17)8-12-3-4-18-9-14(12)16/h3-7,9,15H,8,17H2,1-2H3. The van der Waals surface area contributed by atoms with Gasteiger partial charge in [0.15, 0.2) is 0 Å². The van der Waals surface area contributed by atoms with E-state index in [-0.39, 0.29) is 6.04 Å². The number of rotatable bonds is 3. The van der Waals surface area contributed by atoms with Crippen LogP contribution >= 0.6 is 11.6 Å². The predicted molar refractivity (Wildman–Crippen MR) is 75.8 cm³/mol. The number of aromatic nitrogens is 1. The van der Waals surface area contributed by atoms with Crippen molar-refractivity contribution < 1.29 is 0 Å². The summed E-state index contributed by atoms with van der Waals surface area (Å²) in [7, 11) is 0. The molecular weight excluding hydrogens is 244 g/mol. The van der Waals surface area contributed by atoms with E-state index >= 15 is 0 Å². The molecule has 0 radical (unpaired) electrons. The van der Waals surface area contributed by atoms with Crippen molar-refractivity contribution >= 4 is 11.6 Å². The van der Waals surface area contributed by atoms with E-state index in [0.29, 0.717) is 5.02 Å². The number of pyridine rings is 1. The first-order valence-corrected chi connectivity index (χ1v) is 6.36. The second-order valence-electron chi connectivity index (χ2n) is 4.70.